The summed E-state index contributed by atoms with van der Waals surface area (Å²) in [7, 11) is 0. The number of carboxylic acid groups (broad SMARTS) is 1. The van der Waals surface area contributed by atoms with Crippen molar-refractivity contribution < 1.29 is 34.7 Å². The molecule has 1 aliphatic rings. The summed E-state index contributed by atoms with van der Waals surface area (Å²) < 4.78 is 11.2. The predicted molar refractivity (Wildman–Crippen MR) is 134 cm³/mol. The molecule has 0 spiro atoms. The third kappa shape index (κ3) is 16.8. The van der Waals surface area contributed by atoms with Crippen LogP contribution in [0.25, 0.3) is 0 Å². The molecule has 0 radical (unpaired) electrons. The van der Waals surface area contributed by atoms with Gasteiger partial charge in [0.2, 0.25) is 0 Å². The highest BCUT2D eigenvalue weighted by Crippen LogP contribution is 2.21. The van der Waals surface area contributed by atoms with Crippen molar-refractivity contribution in [1.29, 1.82) is 0 Å². The van der Waals surface area contributed by atoms with Crippen LogP contribution in [0.5, 0.6) is 0 Å². The summed E-state index contributed by atoms with van der Waals surface area (Å²) in [5, 5.41) is 37.7. The smallest absolute Gasteiger partial charge is 0.305 e. The van der Waals surface area contributed by atoms with E-state index in [1.807, 2.05) is 0 Å². The lowest BCUT2D eigenvalue weighted by atomic mass is 10.0. The number of carbonyl (C=O) groups is 1. The minimum atomic E-state index is -0.920. The molecule has 0 aromatic heterocycles. The predicted octanol–water partition coefficient (Wildman–Crippen LogP) is 5.33. The van der Waals surface area contributed by atoms with Crippen LogP contribution in [0.1, 0.15) is 129 Å². The van der Waals surface area contributed by atoms with Gasteiger partial charge in [0.25, 0.3) is 0 Å². The number of hydrogen-bond donors (Lipinski definition) is 4. The number of aliphatic carboxylic acids is 1. The minimum absolute atomic E-state index is 0.133. The Kier molecular flexibility index (Phi) is 18.8. The van der Waals surface area contributed by atoms with Crippen molar-refractivity contribution >= 4 is 5.97 Å². The highest BCUT2D eigenvalue weighted by molar-refractivity contribution is 5.67. The molecule has 7 nitrogen and oxygen atoms in total. The summed E-state index contributed by atoms with van der Waals surface area (Å²) in [5.74, 6) is -0.920. The van der Waals surface area contributed by atoms with Crippen LogP contribution in [0.3, 0.4) is 0 Å². The molecule has 1 aliphatic heterocycles. The van der Waals surface area contributed by atoms with Gasteiger partial charge in [-0.25, -0.2) is 0 Å². The molecule has 0 aliphatic carbocycles. The zero-order chi connectivity index (χ0) is 25.0. The summed E-state index contributed by atoms with van der Waals surface area (Å²) in [6.45, 7) is 2.40. The zero-order valence-corrected chi connectivity index (χ0v) is 21.5. The van der Waals surface area contributed by atoms with Crippen LogP contribution < -0.4 is 0 Å². The topological polar surface area (TPSA) is 116 Å². The van der Waals surface area contributed by atoms with Gasteiger partial charge < -0.3 is 29.9 Å². The summed E-state index contributed by atoms with van der Waals surface area (Å²) in [4.78, 5) is 10.5. The van der Waals surface area contributed by atoms with Gasteiger partial charge in [-0.1, -0.05) is 96.3 Å². The summed E-state index contributed by atoms with van der Waals surface area (Å²) in [6, 6.07) is 0. The first-order valence-electron chi connectivity index (χ1n) is 13.9. The highest BCUT2D eigenvalue weighted by Gasteiger charge is 2.34. The number of unbranched alkanes of at least 4 members (excludes halogenated alkanes) is 15. The van der Waals surface area contributed by atoms with Crippen LogP contribution in [0.4, 0.5) is 0 Å². The summed E-state index contributed by atoms with van der Waals surface area (Å²) >= 11 is 0. The van der Waals surface area contributed by atoms with Crippen molar-refractivity contribution in [2.24, 2.45) is 0 Å². The average molecular weight is 489 g/mol. The van der Waals surface area contributed by atoms with Crippen molar-refractivity contribution in [3.63, 3.8) is 0 Å². The molecule has 1 fully saturated rings. The van der Waals surface area contributed by atoms with E-state index in [2.05, 4.69) is 0 Å². The minimum Gasteiger partial charge on any atom is -0.481 e. The number of aliphatic hydroxyl groups excluding tert-OH is 3. The molecule has 5 atom stereocenters. The van der Waals surface area contributed by atoms with Gasteiger partial charge in [0.1, 0.15) is 6.10 Å². The lowest BCUT2D eigenvalue weighted by molar-refractivity contribution is -0.261. The van der Waals surface area contributed by atoms with Crippen LogP contribution in [0, 0.1) is 0 Å². The first-order valence-corrected chi connectivity index (χ1v) is 13.9. The molecule has 0 bridgehead atoms. The third-order valence-corrected chi connectivity index (χ3v) is 6.81. The molecule has 5 unspecified atom stereocenters. The highest BCUT2D eigenvalue weighted by atomic mass is 16.7. The van der Waals surface area contributed by atoms with Gasteiger partial charge in [-0.3, -0.25) is 4.79 Å². The van der Waals surface area contributed by atoms with Crippen molar-refractivity contribution in [2.75, 3.05) is 6.61 Å². The monoisotopic (exact) mass is 488 g/mol. The molecule has 0 amide bonds. The Morgan fingerprint density at radius 3 is 1.71 bits per heavy atom. The second-order valence-corrected chi connectivity index (χ2v) is 10.1. The molecule has 1 saturated heterocycles. The Morgan fingerprint density at radius 1 is 0.794 bits per heavy atom. The number of carboxylic acids is 1. The Labute approximate surface area is 207 Å². The lowest BCUT2D eigenvalue weighted by Crippen LogP contribution is -2.47. The maximum absolute atomic E-state index is 10.5. The maximum Gasteiger partial charge on any atom is 0.305 e. The molecular formula is C27H52O7. The Bertz CT molecular complexity index is 488. The van der Waals surface area contributed by atoms with E-state index in [0.717, 1.165) is 25.7 Å². The Morgan fingerprint density at radius 2 is 1.24 bits per heavy atom. The molecule has 0 aromatic carbocycles. The zero-order valence-electron chi connectivity index (χ0n) is 21.5. The third-order valence-electron chi connectivity index (χ3n) is 6.81. The molecule has 0 saturated carbocycles. The first-order chi connectivity index (χ1) is 16.4. The van der Waals surface area contributed by atoms with Gasteiger partial charge in [-0.05, 0) is 19.8 Å². The van der Waals surface area contributed by atoms with E-state index in [4.69, 9.17) is 14.6 Å². The summed E-state index contributed by atoms with van der Waals surface area (Å²) in [5.41, 5.74) is 0. The fourth-order valence-electron chi connectivity index (χ4n) is 4.55. The van der Waals surface area contributed by atoms with Crippen LogP contribution in [0.2, 0.25) is 0 Å². The van der Waals surface area contributed by atoms with E-state index in [1.54, 1.807) is 6.92 Å². The average Bonchev–Trinajstić information content (AvgIpc) is 2.78. The van der Waals surface area contributed by atoms with E-state index in [-0.39, 0.29) is 12.5 Å². The molecule has 4 N–H and O–H groups in total. The molecule has 202 valence electrons. The molecule has 1 rings (SSSR count). The van der Waals surface area contributed by atoms with Crippen molar-refractivity contribution in [1.82, 2.24) is 0 Å². The maximum atomic E-state index is 10.5. The van der Waals surface area contributed by atoms with Crippen molar-refractivity contribution in [3.05, 3.63) is 0 Å². The Hall–Kier alpha value is -0.730. The lowest BCUT2D eigenvalue weighted by Gasteiger charge is -2.35. The fourth-order valence-corrected chi connectivity index (χ4v) is 4.55. The number of rotatable bonds is 22. The standard InChI is InChI=1S/C27H52O7/c1-22-24(29)21-25(30)27(34-22)33-19-17-15-13-11-9-7-5-3-2-4-6-8-10-12-14-16-18-23(28)20-26(31)32/h22-25,27-30H,2-21H2,1H3,(H,31,32). The second-order valence-electron chi connectivity index (χ2n) is 10.1. The van der Waals surface area contributed by atoms with Gasteiger partial charge in [-0.15, -0.1) is 0 Å². The Balaban J connectivity index is 1.74. The van der Waals surface area contributed by atoms with E-state index in [0.29, 0.717) is 19.4 Å². The number of aliphatic hydroxyl groups is 3. The molecule has 1 heterocycles. The van der Waals surface area contributed by atoms with Crippen molar-refractivity contribution in [3.8, 4) is 0 Å². The molecular weight excluding hydrogens is 436 g/mol. The first kappa shape index (κ1) is 31.3. The van der Waals surface area contributed by atoms with Gasteiger partial charge in [0.05, 0.1) is 24.7 Å². The van der Waals surface area contributed by atoms with Crippen LogP contribution in [-0.4, -0.2) is 63.7 Å². The van der Waals surface area contributed by atoms with Crippen LogP contribution in [-0.2, 0) is 14.3 Å². The van der Waals surface area contributed by atoms with Crippen LogP contribution in [0.15, 0.2) is 0 Å². The normalized spacial score (nSPS) is 23.8. The molecule has 34 heavy (non-hydrogen) atoms. The second kappa shape index (κ2) is 20.5. The van der Waals surface area contributed by atoms with E-state index >= 15 is 0 Å². The van der Waals surface area contributed by atoms with E-state index in [1.165, 1.54) is 77.0 Å². The van der Waals surface area contributed by atoms with Gasteiger partial charge in [0, 0.05) is 13.0 Å². The molecule has 0 aromatic rings. The largest absolute Gasteiger partial charge is 0.481 e. The van der Waals surface area contributed by atoms with E-state index in [9.17, 15) is 20.1 Å². The fraction of sp³-hybridized carbons (Fsp3) is 0.963. The van der Waals surface area contributed by atoms with Crippen molar-refractivity contribution in [2.45, 2.75) is 160 Å². The number of hydrogen-bond acceptors (Lipinski definition) is 6. The molecule has 7 heteroatoms. The van der Waals surface area contributed by atoms with Gasteiger partial charge in [0.15, 0.2) is 6.29 Å². The summed E-state index contributed by atoms with van der Waals surface area (Å²) in [6.07, 6.45) is 17.5. The SMILES string of the molecule is CC1OC(OCCCCCCCCCCCCCCCCCCC(O)CC(=O)O)C(O)CC1O. The quantitative estimate of drug-likeness (QED) is 0.152. The van der Waals surface area contributed by atoms with Gasteiger partial charge in [-0.2, -0.15) is 0 Å². The van der Waals surface area contributed by atoms with E-state index < -0.39 is 30.6 Å². The van der Waals surface area contributed by atoms with Crippen LogP contribution >= 0.6 is 0 Å². The number of ether oxygens (including phenoxy) is 2. The van der Waals surface area contributed by atoms with Gasteiger partial charge >= 0.3 is 5.97 Å².